The predicted octanol–water partition coefficient (Wildman–Crippen LogP) is 4.86. The zero-order chi connectivity index (χ0) is 14.7. The van der Waals surface area contributed by atoms with E-state index in [4.69, 9.17) is 16.3 Å². The van der Waals surface area contributed by atoms with Gasteiger partial charge < -0.3 is 9.84 Å². The predicted molar refractivity (Wildman–Crippen MR) is 85.9 cm³/mol. The molecule has 0 amide bonds. The van der Waals surface area contributed by atoms with Gasteiger partial charge in [-0.25, -0.2) is 0 Å². The fourth-order valence-electron chi connectivity index (χ4n) is 2.34. The molecule has 0 radical (unpaired) electrons. The number of phenols is 1. The second-order valence-electron chi connectivity index (χ2n) is 4.85. The lowest BCUT2D eigenvalue weighted by atomic mass is 10.0. The van der Waals surface area contributed by atoms with Gasteiger partial charge in [-0.15, -0.1) is 11.6 Å². The Morgan fingerprint density at radius 2 is 1.67 bits per heavy atom. The van der Waals surface area contributed by atoms with Gasteiger partial charge in [0.25, 0.3) is 0 Å². The summed E-state index contributed by atoms with van der Waals surface area (Å²) >= 11 is 6.10. The van der Waals surface area contributed by atoms with E-state index in [-0.39, 0.29) is 5.75 Å². The first-order valence-electron chi connectivity index (χ1n) is 6.75. The van der Waals surface area contributed by atoms with Crippen LogP contribution in [0, 0.1) is 0 Å². The highest BCUT2D eigenvalue weighted by molar-refractivity contribution is 6.18. The molecule has 3 aromatic carbocycles. The standard InChI is InChI=1S/C18H15ClO2/c19-11-17-16-4-2-1-3-14(16)7-10-18(17)21-12-13-5-8-15(20)9-6-13/h1-10,20H,11-12H2. The molecule has 0 bridgehead atoms. The average Bonchev–Trinajstić information content (AvgIpc) is 2.53. The van der Waals surface area contributed by atoms with Crippen LogP contribution in [0.3, 0.4) is 0 Å². The van der Waals surface area contributed by atoms with Crippen molar-refractivity contribution in [2.45, 2.75) is 12.5 Å². The molecule has 0 fully saturated rings. The molecule has 0 saturated carbocycles. The van der Waals surface area contributed by atoms with Crippen LogP contribution < -0.4 is 4.74 Å². The molecular weight excluding hydrogens is 284 g/mol. The lowest BCUT2D eigenvalue weighted by molar-refractivity contribution is 0.304. The van der Waals surface area contributed by atoms with Crippen LogP contribution in [0.5, 0.6) is 11.5 Å². The maximum atomic E-state index is 9.28. The van der Waals surface area contributed by atoms with Crippen LogP contribution in [-0.2, 0) is 12.5 Å². The summed E-state index contributed by atoms with van der Waals surface area (Å²) in [6, 6.07) is 19.1. The van der Waals surface area contributed by atoms with E-state index in [1.54, 1.807) is 12.1 Å². The molecule has 21 heavy (non-hydrogen) atoms. The van der Waals surface area contributed by atoms with Crippen molar-refractivity contribution < 1.29 is 9.84 Å². The molecule has 0 aliphatic carbocycles. The van der Waals surface area contributed by atoms with Crippen molar-refractivity contribution >= 4 is 22.4 Å². The van der Waals surface area contributed by atoms with Gasteiger partial charge in [-0.2, -0.15) is 0 Å². The zero-order valence-corrected chi connectivity index (χ0v) is 12.2. The van der Waals surface area contributed by atoms with Crippen molar-refractivity contribution in [2.75, 3.05) is 0 Å². The molecule has 0 aliphatic rings. The van der Waals surface area contributed by atoms with Gasteiger partial charge >= 0.3 is 0 Å². The summed E-state index contributed by atoms with van der Waals surface area (Å²) in [4.78, 5) is 0. The highest BCUT2D eigenvalue weighted by Crippen LogP contribution is 2.30. The number of aromatic hydroxyl groups is 1. The Bertz CT molecular complexity index is 751. The molecule has 3 rings (SSSR count). The van der Waals surface area contributed by atoms with Gasteiger partial charge in [0.15, 0.2) is 0 Å². The highest BCUT2D eigenvalue weighted by Gasteiger charge is 2.08. The molecule has 0 heterocycles. The van der Waals surface area contributed by atoms with E-state index >= 15 is 0 Å². The molecule has 0 atom stereocenters. The summed E-state index contributed by atoms with van der Waals surface area (Å²) < 4.78 is 5.90. The van der Waals surface area contributed by atoms with E-state index in [0.29, 0.717) is 12.5 Å². The van der Waals surface area contributed by atoms with E-state index in [2.05, 4.69) is 12.1 Å². The fourth-order valence-corrected chi connectivity index (χ4v) is 2.62. The maximum Gasteiger partial charge on any atom is 0.124 e. The molecule has 106 valence electrons. The second-order valence-corrected chi connectivity index (χ2v) is 5.12. The quantitative estimate of drug-likeness (QED) is 0.697. The van der Waals surface area contributed by atoms with Crippen molar-refractivity contribution in [3.8, 4) is 11.5 Å². The molecule has 0 saturated heterocycles. The van der Waals surface area contributed by atoms with E-state index in [1.165, 1.54) is 0 Å². The number of phenolic OH excluding ortho intramolecular Hbond substituents is 1. The summed E-state index contributed by atoms with van der Waals surface area (Å²) in [5, 5.41) is 11.6. The first-order chi connectivity index (χ1) is 10.3. The summed E-state index contributed by atoms with van der Waals surface area (Å²) in [6.07, 6.45) is 0. The van der Waals surface area contributed by atoms with Crippen LogP contribution >= 0.6 is 11.6 Å². The minimum absolute atomic E-state index is 0.255. The number of ether oxygens (including phenoxy) is 1. The van der Waals surface area contributed by atoms with Gasteiger partial charge in [0.1, 0.15) is 18.1 Å². The fraction of sp³-hybridized carbons (Fsp3) is 0.111. The minimum Gasteiger partial charge on any atom is -0.508 e. The molecular formula is C18H15ClO2. The van der Waals surface area contributed by atoms with Gasteiger partial charge in [-0.3, -0.25) is 0 Å². The average molecular weight is 299 g/mol. The van der Waals surface area contributed by atoms with E-state index in [0.717, 1.165) is 27.6 Å². The molecule has 2 nitrogen and oxygen atoms in total. The van der Waals surface area contributed by atoms with Crippen LogP contribution in [0.4, 0.5) is 0 Å². The zero-order valence-electron chi connectivity index (χ0n) is 11.4. The lowest BCUT2D eigenvalue weighted by Gasteiger charge is -2.12. The third-order valence-corrected chi connectivity index (χ3v) is 3.73. The monoisotopic (exact) mass is 298 g/mol. The molecule has 3 heteroatoms. The third kappa shape index (κ3) is 2.96. The number of alkyl halides is 1. The van der Waals surface area contributed by atoms with Crippen LogP contribution in [0.2, 0.25) is 0 Å². The SMILES string of the molecule is Oc1ccc(COc2ccc3ccccc3c2CCl)cc1. The Morgan fingerprint density at radius 3 is 2.43 bits per heavy atom. The molecule has 1 N–H and O–H groups in total. The Hall–Kier alpha value is -2.19. The van der Waals surface area contributed by atoms with Crippen LogP contribution in [0.15, 0.2) is 60.7 Å². The van der Waals surface area contributed by atoms with Crippen molar-refractivity contribution in [3.63, 3.8) is 0 Å². The molecule has 0 unspecified atom stereocenters. The molecule has 0 spiro atoms. The second kappa shape index (κ2) is 6.06. The van der Waals surface area contributed by atoms with Gasteiger partial charge in [0, 0.05) is 5.56 Å². The van der Waals surface area contributed by atoms with Crippen LogP contribution in [0.1, 0.15) is 11.1 Å². The van der Waals surface area contributed by atoms with Crippen LogP contribution in [0.25, 0.3) is 10.8 Å². The maximum absolute atomic E-state index is 9.28. The first-order valence-corrected chi connectivity index (χ1v) is 7.28. The Balaban J connectivity index is 1.88. The summed E-state index contributed by atoms with van der Waals surface area (Å²) in [5.74, 6) is 1.47. The Labute approximate surface area is 128 Å². The van der Waals surface area contributed by atoms with Crippen molar-refractivity contribution in [1.82, 2.24) is 0 Å². The van der Waals surface area contributed by atoms with Gasteiger partial charge in [-0.1, -0.05) is 42.5 Å². The topological polar surface area (TPSA) is 29.5 Å². The summed E-state index contributed by atoms with van der Waals surface area (Å²) in [5.41, 5.74) is 2.01. The number of benzene rings is 3. The van der Waals surface area contributed by atoms with Crippen molar-refractivity contribution in [1.29, 1.82) is 0 Å². The first kappa shape index (κ1) is 13.8. The largest absolute Gasteiger partial charge is 0.508 e. The van der Waals surface area contributed by atoms with Crippen molar-refractivity contribution in [3.05, 3.63) is 71.8 Å². The Kier molecular flexibility index (Phi) is 3.98. The van der Waals surface area contributed by atoms with E-state index in [1.807, 2.05) is 36.4 Å². The Morgan fingerprint density at radius 1 is 0.905 bits per heavy atom. The molecule has 0 aliphatic heterocycles. The smallest absolute Gasteiger partial charge is 0.124 e. The number of hydrogen-bond acceptors (Lipinski definition) is 2. The summed E-state index contributed by atoms with van der Waals surface area (Å²) in [7, 11) is 0. The number of halogens is 1. The summed E-state index contributed by atoms with van der Waals surface area (Å²) in [6.45, 7) is 0.447. The van der Waals surface area contributed by atoms with E-state index < -0.39 is 0 Å². The van der Waals surface area contributed by atoms with E-state index in [9.17, 15) is 5.11 Å². The van der Waals surface area contributed by atoms with Crippen molar-refractivity contribution in [2.24, 2.45) is 0 Å². The van der Waals surface area contributed by atoms with Gasteiger partial charge in [0.05, 0.1) is 5.88 Å². The molecule has 3 aromatic rings. The van der Waals surface area contributed by atoms with Gasteiger partial charge in [0.2, 0.25) is 0 Å². The number of fused-ring (bicyclic) bond motifs is 1. The molecule has 0 aromatic heterocycles. The highest BCUT2D eigenvalue weighted by atomic mass is 35.5. The number of hydrogen-bond donors (Lipinski definition) is 1. The minimum atomic E-state index is 0.255. The normalized spacial score (nSPS) is 10.7. The lowest BCUT2D eigenvalue weighted by Crippen LogP contribution is -1.98. The number of rotatable bonds is 4. The van der Waals surface area contributed by atoms with Gasteiger partial charge in [-0.05, 0) is 34.5 Å². The van der Waals surface area contributed by atoms with Crippen LogP contribution in [-0.4, -0.2) is 5.11 Å². The third-order valence-electron chi connectivity index (χ3n) is 3.46.